The van der Waals surface area contributed by atoms with Crippen LogP contribution in [0, 0.1) is 0 Å². The van der Waals surface area contributed by atoms with Crippen LogP contribution in [0.5, 0.6) is 5.75 Å². The summed E-state index contributed by atoms with van der Waals surface area (Å²) in [6, 6.07) is 6.57. The Bertz CT molecular complexity index is 973. The molecule has 2 aromatic carbocycles. The van der Waals surface area contributed by atoms with E-state index < -0.39 is 43.6 Å². The van der Waals surface area contributed by atoms with E-state index in [1.807, 2.05) is 0 Å². The van der Waals surface area contributed by atoms with Crippen LogP contribution in [-0.2, 0) is 10.1 Å². The topological polar surface area (TPSA) is 135 Å². The van der Waals surface area contributed by atoms with Crippen LogP contribution in [0.4, 0.5) is 5.69 Å². The molecule has 0 saturated carbocycles. The summed E-state index contributed by atoms with van der Waals surface area (Å²) >= 11 is 0. The Morgan fingerprint density at radius 3 is 1.96 bits per heavy atom. The Hall–Kier alpha value is -1.71. The summed E-state index contributed by atoms with van der Waals surface area (Å²) in [5.74, 6) is -2.07. The van der Waals surface area contributed by atoms with E-state index in [-0.39, 0.29) is 47.7 Å². The number of hydrogen-bond acceptors (Lipinski definition) is 6. The van der Waals surface area contributed by atoms with Gasteiger partial charge in [-0.1, -0.05) is 24.3 Å². The van der Waals surface area contributed by atoms with E-state index in [0.717, 1.165) is 0 Å². The molecule has 0 atom stereocenters. The Labute approximate surface area is 154 Å². The number of carbonyl (C=O) groups is 2. The summed E-state index contributed by atoms with van der Waals surface area (Å²) in [7, 11) is -4.76. The molecule has 23 heavy (non-hydrogen) atoms. The number of phenolic OH excluding ortho intramolecular Hbond substituents is 1. The summed E-state index contributed by atoms with van der Waals surface area (Å²) in [6.45, 7) is 0. The number of ketones is 2. The molecule has 0 amide bonds. The quantitative estimate of drug-likeness (QED) is 0.203. The summed E-state index contributed by atoms with van der Waals surface area (Å²) in [5, 5.41) is 9.93. The predicted molar refractivity (Wildman–Crippen MR) is 76.8 cm³/mol. The van der Waals surface area contributed by atoms with E-state index >= 15 is 0 Å². The third kappa shape index (κ3) is 2.58. The number of aromatic hydroxyl groups is 1. The average Bonchev–Trinajstić information content (AvgIpc) is 2.45. The minimum Gasteiger partial charge on any atom is -1.00 e. The maximum Gasteiger partial charge on any atom is 1.00 e. The van der Waals surface area contributed by atoms with Crippen molar-refractivity contribution in [3.63, 3.8) is 0 Å². The molecule has 1 aliphatic rings. The van der Waals surface area contributed by atoms with Gasteiger partial charge in [0, 0.05) is 17.2 Å². The zero-order valence-electron chi connectivity index (χ0n) is 12.9. The minimum absolute atomic E-state index is 0. The van der Waals surface area contributed by atoms with Gasteiger partial charge in [0.2, 0.25) is 0 Å². The zero-order valence-corrected chi connectivity index (χ0v) is 14.7. The van der Waals surface area contributed by atoms with Gasteiger partial charge in [0.15, 0.2) is 11.6 Å². The molecule has 1 aliphatic carbocycles. The molecule has 0 fully saturated rings. The summed E-state index contributed by atoms with van der Waals surface area (Å²) in [5.41, 5.74) is 4.44. The summed E-state index contributed by atoms with van der Waals surface area (Å²) in [4.78, 5) is 24.1. The van der Waals surface area contributed by atoms with E-state index in [2.05, 4.69) is 0 Å². The zero-order chi connectivity index (χ0) is 16.2. The average molecular weight is 343 g/mol. The number of nitrogen functional groups attached to an aromatic ring is 1. The number of carbonyl (C=O) groups excluding carboxylic acids is 2. The van der Waals surface area contributed by atoms with Crippen molar-refractivity contribution in [1.82, 2.24) is 0 Å². The van der Waals surface area contributed by atoms with Gasteiger partial charge in [0.25, 0.3) is 10.1 Å². The van der Waals surface area contributed by atoms with Gasteiger partial charge in [-0.05, 0) is 0 Å². The first-order chi connectivity index (χ1) is 10.2. The van der Waals surface area contributed by atoms with Crippen LogP contribution in [0.3, 0.4) is 0 Å². The molecule has 0 spiro atoms. The van der Waals surface area contributed by atoms with E-state index in [4.69, 9.17) is 10.3 Å². The number of anilines is 1. The summed E-state index contributed by atoms with van der Waals surface area (Å²) in [6.07, 6.45) is 0. The van der Waals surface area contributed by atoms with E-state index in [0.29, 0.717) is 6.07 Å². The van der Waals surface area contributed by atoms with Gasteiger partial charge in [0.1, 0.15) is 10.6 Å². The standard InChI is InChI=1S/C14H9NO6S.Na.H/c15-12-9(22(19,20)21)5-8(16)10-11(12)14(18)7-4-2-1-3-6(7)13(10)17;;/h1-5,16H,15H2,(H,19,20,21);;/q;+1;-1. The van der Waals surface area contributed by atoms with Gasteiger partial charge in [-0.15, -0.1) is 0 Å². The smallest absolute Gasteiger partial charge is 1.00 e. The molecule has 7 nitrogen and oxygen atoms in total. The molecule has 0 unspecified atom stereocenters. The fourth-order valence-corrected chi connectivity index (χ4v) is 3.13. The first kappa shape index (κ1) is 17.6. The molecule has 0 heterocycles. The van der Waals surface area contributed by atoms with Crippen molar-refractivity contribution in [3.05, 3.63) is 52.6 Å². The van der Waals surface area contributed by atoms with Crippen LogP contribution in [0.25, 0.3) is 0 Å². The van der Waals surface area contributed by atoms with Crippen LogP contribution < -0.4 is 35.3 Å². The van der Waals surface area contributed by atoms with E-state index in [1.54, 1.807) is 6.07 Å². The van der Waals surface area contributed by atoms with Gasteiger partial charge < -0.3 is 12.3 Å². The van der Waals surface area contributed by atoms with Crippen LogP contribution in [-0.4, -0.2) is 29.6 Å². The van der Waals surface area contributed by atoms with Crippen molar-refractivity contribution in [2.75, 3.05) is 5.73 Å². The monoisotopic (exact) mass is 343 g/mol. The van der Waals surface area contributed by atoms with Crippen molar-refractivity contribution in [2.45, 2.75) is 4.90 Å². The maximum atomic E-state index is 12.5. The van der Waals surface area contributed by atoms with Crippen LogP contribution >= 0.6 is 0 Å². The fourth-order valence-electron chi connectivity index (χ4n) is 2.49. The molecule has 9 heteroatoms. The number of hydrogen-bond donors (Lipinski definition) is 3. The second kappa shape index (κ2) is 5.73. The molecular weight excluding hydrogens is 333 g/mol. The van der Waals surface area contributed by atoms with Gasteiger partial charge in [0.05, 0.1) is 16.8 Å². The van der Waals surface area contributed by atoms with Gasteiger partial charge in [-0.2, -0.15) is 8.42 Å². The number of nitrogens with two attached hydrogens (primary N) is 1. The van der Waals surface area contributed by atoms with Crippen LogP contribution in [0.2, 0.25) is 0 Å². The van der Waals surface area contributed by atoms with Gasteiger partial charge in [-0.3, -0.25) is 14.1 Å². The van der Waals surface area contributed by atoms with Crippen molar-refractivity contribution in [3.8, 4) is 5.75 Å². The number of rotatable bonds is 1. The molecule has 2 aromatic rings. The minimum atomic E-state index is -4.76. The second-order valence-corrected chi connectivity index (χ2v) is 6.13. The van der Waals surface area contributed by atoms with Crippen LogP contribution in [0.15, 0.2) is 35.2 Å². The first-order valence-corrected chi connectivity index (χ1v) is 7.49. The molecule has 0 radical (unpaired) electrons. The largest absolute Gasteiger partial charge is 1.00 e. The number of fused-ring (bicyclic) bond motifs is 2. The maximum absolute atomic E-state index is 12.5. The molecular formula is C14H10NNaO6S. The van der Waals surface area contributed by atoms with E-state index in [1.165, 1.54) is 18.2 Å². The molecule has 0 aromatic heterocycles. The molecule has 0 bridgehead atoms. The van der Waals surface area contributed by atoms with E-state index in [9.17, 15) is 23.1 Å². The SMILES string of the molecule is Nc1c(S(=O)(=O)O)cc(O)c2c1C(=O)c1ccccc1C2=O.[H-].[Na+]. The van der Waals surface area contributed by atoms with Crippen molar-refractivity contribution in [1.29, 1.82) is 0 Å². The fraction of sp³-hybridized carbons (Fsp3) is 0. The molecule has 0 aliphatic heterocycles. The number of benzene rings is 2. The predicted octanol–water partition coefficient (Wildman–Crippen LogP) is -1.89. The first-order valence-electron chi connectivity index (χ1n) is 6.05. The normalized spacial score (nSPS) is 13.1. The summed E-state index contributed by atoms with van der Waals surface area (Å²) < 4.78 is 31.7. The molecule has 114 valence electrons. The molecule has 3 rings (SSSR count). The Kier molecular flexibility index (Phi) is 4.40. The van der Waals surface area contributed by atoms with Gasteiger partial charge >= 0.3 is 29.6 Å². The Morgan fingerprint density at radius 2 is 1.48 bits per heavy atom. The van der Waals surface area contributed by atoms with Crippen molar-refractivity contribution in [2.24, 2.45) is 0 Å². The van der Waals surface area contributed by atoms with Crippen LogP contribution in [0.1, 0.15) is 33.3 Å². The third-order valence-corrected chi connectivity index (χ3v) is 4.35. The third-order valence-electron chi connectivity index (χ3n) is 3.46. The number of phenols is 1. The molecule has 4 N–H and O–H groups in total. The van der Waals surface area contributed by atoms with Gasteiger partial charge in [-0.25, -0.2) is 0 Å². The van der Waals surface area contributed by atoms with Crippen molar-refractivity contribution < 1.29 is 58.7 Å². The Morgan fingerprint density at radius 1 is 1.00 bits per heavy atom. The molecule has 0 saturated heterocycles. The Balaban J connectivity index is 0.00000144. The van der Waals surface area contributed by atoms with Crippen molar-refractivity contribution >= 4 is 27.4 Å². The second-order valence-electron chi connectivity index (χ2n) is 4.74.